The highest BCUT2D eigenvalue weighted by Gasteiger charge is 2.46. The van der Waals surface area contributed by atoms with E-state index in [9.17, 15) is 13.5 Å². The first-order valence-electron chi connectivity index (χ1n) is 9.02. The van der Waals surface area contributed by atoms with Gasteiger partial charge in [0.05, 0.1) is 18.5 Å². The second-order valence-electron chi connectivity index (χ2n) is 7.16. The molecule has 0 unspecified atom stereocenters. The summed E-state index contributed by atoms with van der Waals surface area (Å²) in [5.41, 5.74) is 4.01. The highest BCUT2D eigenvalue weighted by atomic mass is 79.9. The average molecular weight is 441 g/mol. The number of sulfone groups is 1. The number of hydrogen-bond donors (Lipinski definition) is 1. The lowest BCUT2D eigenvalue weighted by Gasteiger charge is -2.14. The van der Waals surface area contributed by atoms with Gasteiger partial charge in [-0.15, -0.1) is 0 Å². The van der Waals surface area contributed by atoms with Crippen LogP contribution < -0.4 is 0 Å². The van der Waals surface area contributed by atoms with E-state index in [4.69, 9.17) is 4.74 Å². The van der Waals surface area contributed by atoms with Crippen LogP contribution in [0.4, 0.5) is 0 Å². The van der Waals surface area contributed by atoms with Crippen LogP contribution in [-0.2, 0) is 14.6 Å². The van der Waals surface area contributed by atoms with E-state index in [1.54, 1.807) is 12.1 Å². The van der Waals surface area contributed by atoms with Crippen molar-refractivity contribution in [1.82, 2.24) is 0 Å². The van der Waals surface area contributed by atoms with Crippen molar-refractivity contribution >= 4 is 31.8 Å². The Morgan fingerprint density at radius 2 is 2.19 bits per heavy atom. The topological polar surface area (TPSA) is 63.6 Å². The highest BCUT2D eigenvalue weighted by Crippen LogP contribution is 2.40. The molecule has 1 aromatic rings. The summed E-state index contributed by atoms with van der Waals surface area (Å²) >= 11 is 3.42. The molecule has 1 saturated heterocycles. The van der Waals surface area contributed by atoms with Crippen LogP contribution in [0.1, 0.15) is 45.1 Å². The van der Waals surface area contributed by atoms with Crippen LogP contribution in [0.2, 0.25) is 0 Å². The lowest BCUT2D eigenvalue weighted by atomic mass is 9.95. The van der Waals surface area contributed by atoms with Crippen molar-refractivity contribution in [2.45, 2.75) is 50.9 Å². The number of allylic oxidation sites excluding steroid dienone is 1. The van der Waals surface area contributed by atoms with E-state index in [2.05, 4.69) is 22.9 Å². The lowest BCUT2D eigenvalue weighted by Crippen LogP contribution is -2.19. The Morgan fingerprint density at radius 1 is 1.42 bits per heavy atom. The van der Waals surface area contributed by atoms with Gasteiger partial charge in [-0.1, -0.05) is 46.5 Å². The maximum Gasteiger partial charge on any atom is 0.163 e. The average Bonchev–Trinajstić information content (AvgIpc) is 3.10. The molecule has 4 nitrogen and oxygen atoms in total. The smallest absolute Gasteiger partial charge is 0.163 e. The fourth-order valence-electron chi connectivity index (χ4n) is 3.86. The minimum atomic E-state index is -3.08. The van der Waals surface area contributed by atoms with Crippen molar-refractivity contribution in [3.05, 3.63) is 45.0 Å². The summed E-state index contributed by atoms with van der Waals surface area (Å²) in [6, 6.07) is 5.35. The third kappa shape index (κ3) is 4.07. The van der Waals surface area contributed by atoms with E-state index < -0.39 is 15.1 Å². The Balaban J connectivity index is 1.72. The number of fused-ring (bicyclic) bond motifs is 1. The van der Waals surface area contributed by atoms with Crippen molar-refractivity contribution < 1.29 is 18.3 Å². The molecule has 0 saturated carbocycles. The molecule has 2 aliphatic rings. The predicted octanol–water partition coefficient (Wildman–Crippen LogP) is 4.63. The van der Waals surface area contributed by atoms with Crippen molar-refractivity contribution in [1.29, 1.82) is 0 Å². The Labute approximate surface area is 164 Å². The molecule has 3 rings (SSSR count). The number of rotatable bonds is 6. The summed E-state index contributed by atoms with van der Waals surface area (Å²) in [4.78, 5) is 0. The zero-order valence-electron chi connectivity index (χ0n) is 15.2. The Bertz CT molecular complexity index is 855. The van der Waals surface area contributed by atoms with E-state index in [1.165, 1.54) is 0 Å². The van der Waals surface area contributed by atoms with Gasteiger partial charge in [0.15, 0.2) is 9.84 Å². The molecule has 0 aromatic heterocycles. The molecule has 2 atom stereocenters. The third-order valence-electron chi connectivity index (χ3n) is 5.10. The normalized spacial score (nSPS) is 25.0. The fourth-order valence-corrected chi connectivity index (χ4v) is 6.23. The van der Waals surface area contributed by atoms with Gasteiger partial charge in [-0.25, -0.2) is 8.42 Å². The molecule has 26 heavy (non-hydrogen) atoms. The maximum absolute atomic E-state index is 12.4. The Morgan fingerprint density at radius 3 is 2.92 bits per heavy atom. The van der Waals surface area contributed by atoms with Crippen LogP contribution in [0.5, 0.6) is 5.75 Å². The van der Waals surface area contributed by atoms with Gasteiger partial charge in [-0.3, -0.25) is 0 Å². The molecule has 2 heterocycles. The number of benzene rings is 1. The van der Waals surface area contributed by atoms with Crippen molar-refractivity contribution in [2.24, 2.45) is 0 Å². The van der Waals surface area contributed by atoms with Crippen LogP contribution in [0.3, 0.4) is 0 Å². The quantitative estimate of drug-likeness (QED) is 0.654. The molecule has 142 valence electrons. The Hall–Kier alpha value is -1.11. The molecular weight excluding hydrogens is 416 g/mol. The minimum Gasteiger partial charge on any atom is -0.507 e. The number of hydrogen-bond acceptors (Lipinski definition) is 4. The van der Waals surface area contributed by atoms with Crippen LogP contribution in [-0.4, -0.2) is 37.2 Å². The van der Waals surface area contributed by atoms with E-state index >= 15 is 0 Å². The molecule has 0 bridgehead atoms. The molecular formula is C20H25BrO4S. The van der Waals surface area contributed by atoms with Crippen molar-refractivity contribution in [3.8, 4) is 5.75 Å². The SMILES string of the molecule is CCCC1=C2[C@@H](CC/C(C)=C/c3cc(Br)ccc3O)OC[C@@H]2S(=O)(=O)C1. The van der Waals surface area contributed by atoms with Gasteiger partial charge in [0.1, 0.15) is 11.0 Å². The van der Waals surface area contributed by atoms with Crippen LogP contribution in [0.15, 0.2) is 39.4 Å². The standard InChI is InChI=1S/C20H25BrO4S/c1-3-4-14-12-26(23,24)19-11-25-18(20(14)19)8-5-13(2)9-15-10-16(21)6-7-17(15)22/h6-7,9-10,18-19,22H,3-5,8,11-12H2,1-2H3/b13-9+/t18-,19+/m1/s1. The summed E-state index contributed by atoms with van der Waals surface area (Å²) in [7, 11) is -3.08. The number of ether oxygens (including phenoxy) is 1. The number of aromatic hydroxyl groups is 1. The summed E-state index contributed by atoms with van der Waals surface area (Å²) in [5.74, 6) is 0.459. The molecule has 1 aromatic carbocycles. The molecule has 1 fully saturated rings. The summed E-state index contributed by atoms with van der Waals surface area (Å²) in [6.45, 7) is 4.40. The zero-order chi connectivity index (χ0) is 18.9. The highest BCUT2D eigenvalue weighted by molar-refractivity contribution is 9.10. The Kier molecular flexibility index (Phi) is 5.94. The van der Waals surface area contributed by atoms with Gasteiger partial charge < -0.3 is 9.84 Å². The molecule has 1 N–H and O–H groups in total. The monoisotopic (exact) mass is 440 g/mol. The van der Waals surface area contributed by atoms with Crippen molar-refractivity contribution in [3.63, 3.8) is 0 Å². The zero-order valence-corrected chi connectivity index (χ0v) is 17.6. The molecule has 0 radical (unpaired) electrons. The van der Waals surface area contributed by atoms with E-state index in [0.29, 0.717) is 6.61 Å². The number of halogens is 1. The van der Waals surface area contributed by atoms with Gasteiger partial charge in [-0.05, 0) is 50.0 Å². The second kappa shape index (κ2) is 7.87. The summed E-state index contributed by atoms with van der Waals surface area (Å²) in [6.07, 6.45) is 5.23. The van der Waals surface area contributed by atoms with E-state index in [0.717, 1.165) is 52.4 Å². The molecule has 0 aliphatic carbocycles. The van der Waals surface area contributed by atoms with Crippen LogP contribution in [0, 0.1) is 0 Å². The predicted molar refractivity (Wildman–Crippen MR) is 108 cm³/mol. The first-order chi connectivity index (χ1) is 12.3. The summed E-state index contributed by atoms with van der Waals surface area (Å²) < 4.78 is 31.5. The lowest BCUT2D eigenvalue weighted by molar-refractivity contribution is 0.117. The van der Waals surface area contributed by atoms with Gasteiger partial charge in [0.2, 0.25) is 0 Å². The largest absolute Gasteiger partial charge is 0.507 e. The molecule has 0 amide bonds. The minimum absolute atomic E-state index is 0.0988. The fraction of sp³-hybridized carbons (Fsp3) is 0.500. The second-order valence-corrected chi connectivity index (χ2v) is 10.3. The first-order valence-corrected chi connectivity index (χ1v) is 11.5. The van der Waals surface area contributed by atoms with Crippen LogP contribution >= 0.6 is 15.9 Å². The number of phenolic OH excluding ortho intramolecular Hbond substituents is 1. The molecule has 6 heteroatoms. The van der Waals surface area contributed by atoms with E-state index in [1.807, 2.05) is 19.1 Å². The van der Waals surface area contributed by atoms with Crippen molar-refractivity contribution in [2.75, 3.05) is 12.4 Å². The van der Waals surface area contributed by atoms with Gasteiger partial charge in [-0.2, -0.15) is 0 Å². The van der Waals surface area contributed by atoms with Gasteiger partial charge in [0.25, 0.3) is 0 Å². The van der Waals surface area contributed by atoms with Gasteiger partial charge in [0, 0.05) is 10.0 Å². The molecule has 2 aliphatic heterocycles. The molecule has 0 spiro atoms. The van der Waals surface area contributed by atoms with Crippen LogP contribution in [0.25, 0.3) is 6.08 Å². The summed E-state index contributed by atoms with van der Waals surface area (Å²) in [5, 5.41) is 9.55. The number of phenols is 1. The van der Waals surface area contributed by atoms with Gasteiger partial charge >= 0.3 is 0 Å². The maximum atomic E-state index is 12.4. The third-order valence-corrected chi connectivity index (χ3v) is 7.60. The first kappa shape index (κ1) is 19.6. The van der Waals surface area contributed by atoms with E-state index in [-0.39, 0.29) is 17.6 Å².